The summed E-state index contributed by atoms with van der Waals surface area (Å²) in [5.41, 5.74) is 0. The molecule has 0 aliphatic carbocycles. The Hall–Kier alpha value is -0.870. The first-order chi connectivity index (χ1) is 28.2. The van der Waals surface area contributed by atoms with Crippen molar-refractivity contribution in [2.75, 3.05) is 6.61 Å². The van der Waals surface area contributed by atoms with Crippen molar-refractivity contribution in [1.82, 2.24) is 5.32 Å². The van der Waals surface area contributed by atoms with Crippen molar-refractivity contribution in [2.24, 2.45) is 0 Å². The summed E-state index contributed by atoms with van der Waals surface area (Å²) in [7, 11) is 0. The number of aliphatic hydroxyl groups excluding tert-OH is 2. The molecule has 57 heavy (non-hydrogen) atoms. The number of hydrogen-bond donors (Lipinski definition) is 3. The van der Waals surface area contributed by atoms with E-state index in [1.165, 1.54) is 257 Å². The van der Waals surface area contributed by atoms with Crippen LogP contribution < -0.4 is 5.32 Å². The van der Waals surface area contributed by atoms with E-state index >= 15 is 0 Å². The SMILES string of the molecule is CCCCCCCCCCCCCCCCCCCCCCCCCCCCCCC/C=C/C(O)C(CO)NC(=O)CCCCCCCCCCCCCCCC. The average Bonchev–Trinajstić information content (AvgIpc) is 3.22. The summed E-state index contributed by atoms with van der Waals surface area (Å²) < 4.78 is 0. The molecule has 2 unspecified atom stereocenters. The van der Waals surface area contributed by atoms with Crippen molar-refractivity contribution in [1.29, 1.82) is 0 Å². The highest BCUT2D eigenvalue weighted by Crippen LogP contribution is 2.17. The van der Waals surface area contributed by atoms with Gasteiger partial charge in [-0.1, -0.05) is 289 Å². The third kappa shape index (κ3) is 46.1. The maximum atomic E-state index is 12.4. The first kappa shape index (κ1) is 56.1. The van der Waals surface area contributed by atoms with E-state index in [4.69, 9.17) is 0 Å². The zero-order valence-electron chi connectivity index (χ0n) is 39.1. The van der Waals surface area contributed by atoms with Crippen molar-refractivity contribution >= 4 is 5.91 Å². The van der Waals surface area contributed by atoms with Gasteiger partial charge >= 0.3 is 0 Å². The molecule has 0 bridgehead atoms. The van der Waals surface area contributed by atoms with Gasteiger partial charge in [0.2, 0.25) is 5.91 Å². The molecule has 0 aliphatic heterocycles. The van der Waals surface area contributed by atoms with Crippen LogP contribution in [0.2, 0.25) is 0 Å². The van der Waals surface area contributed by atoms with Crippen LogP contribution in [0.25, 0.3) is 0 Å². The van der Waals surface area contributed by atoms with E-state index in [0.29, 0.717) is 6.42 Å². The van der Waals surface area contributed by atoms with Gasteiger partial charge in [0.25, 0.3) is 0 Å². The molecule has 0 radical (unpaired) electrons. The van der Waals surface area contributed by atoms with Crippen LogP contribution in [0.5, 0.6) is 0 Å². The largest absolute Gasteiger partial charge is 0.394 e. The number of unbranched alkanes of at least 4 members (excludes halogenated alkanes) is 42. The second-order valence-corrected chi connectivity index (χ2v) is 18.3. The zero-order valence-corrected chi connectivity index (χ0v) is 39.1. The van der Waals surface area contributed by atoms with Gasteiger partial charge in [0, 0.05) is 6.42 Å². The van der Waals surface area contributed by atoms with Gasteiger partial charge in [-0.05, 0) is 19.3 Å². The number of nitrogens with one attached hydrogen (secondary N) is 1. The molecule has 0 aliphatic rings. The van der Waals surface area contributed by atoms with Crippen molar-refractivity contribution in [2.45, 2.75) is 315 Å². The predicted octanol–water partition coefficient (Wildman–Crippen LogP) is 17.0. The number of rotatable bonds is 49. The Kier molecular flexibility index (Phi) is 48.7. The van der Waals surface area contributed by atoms with E-state index < -0.39 is 12.1 Å². The minimum atomic E-state index is -0.834. The summed E-state index contributed by atoms with van der Waals surface area (Å²) in [6.07, 6.45) is 63.7. The van der Waals surface area contributed by atoms with Crippen molar-refractivity contribution in [3.05, 3.63) is 12.2 Å². The van der Waals surface area contributed by atoms with Gasteiger partial charge in [-0.2, -0.15) is 0 Å². The Morgan fingerprint density at radius 3 is 0.912 bits per heavy atom. The summed E-state index contributed by atoms with van der Waals surface area (Å²) in [6, 6.07) is -0.617. The Bertz CT molecular complexity index is 784. The van der Waals surface area contributed by atoms with Crippen molar-refractivity contribution < 1.29 is 15.0 Å². The van der Waals surface area contributed by atoms with Gasteiger partial charge in [-0.15, -0.1) is 0 Å². The van der Waals surface area contributed by atoms with E-state index in [1.54, 1.807) is 6.08 Å². The second-order valence-electron chi connectivity index (χ2n) is 18.3. The lowest BCUT2D eigenvalue weighted by molar-refractivity contribution is -0.123. The highest BCUT2D eigenvalue weighted by atomic mass is 16.3. The number of aliphatic hydroxyl groups is 2. The first-order valence-electron chi connectivity index (χ1n) is 26.4. The van der Waals surface area contributed by atoms with Crippen molar-refractivity contribution in [3.8, 4) is 0 Å². The van der Waals surface area contributed by atoms with Crippen LogP contribution >= 0.6 is 0 Å². The summed E-state index contributed by atoms with van der Waals surface area (Å²) in [4.78, 5) is 12.4. The summed E-state index contributed by atoms with van der Waals surface area (Å²) >= 11 is 0. The smallest absolute Gasteiger partial charge is 0.220 e. The maximum absolute atomic E-state index is 12.4. The molecule has 0 aromatic heterocycles. The Morgan fingerprint density at radius 1 is 0.404 bits per heavy atom. The summed E-state index contributed by atoms with van der Waals surface area (Å²) in [5, 5.41) is 23.1. The van der Waals surface area contributed by atoms with E-state index in [0.717, 1.165) is 25.7 Å². The number of allylic oxidation sites excluding steroid dienone is 1. The van der Waals surface area contributed by atoms with Gasteiger partial charge in [-0.3, -0.25) is 4.79 Å². The average molecular weight is 804 g/mol. The molecule has 2 atom stereocenters. The molecule has 0 rings (SSSR count). The normalized spacial score (nSPS) is 12.8. The summed E-state index contributed by atoms with van der Waals surface area (Å²) in [6.45, 7) is 4.34. The predicted molar refractivity (Wildman–Crippen MR) is 253 cm³/mol. The Morgan fingerprint density at radius 2 is 0.649 bits per heavy atom. The quantitative estimate of drug-likeness (QED) is 0.0424. The lowest BCUT2D eigenvalue weighted by atomic mass is 10.0. The van der Waals surface area contributed by atoms with Crippen LogP contribution in [0.3, 0.4) is 0 Å². The number of hydrogen-bond acceptors (Lipinski definition) is 3. The standard InChI is InChI=1S/C53H105NO3/c1-3-5-7-9-11-13-15-17-19-20-21-22-23-24-25-26-27-28-29-30-31-32-33-34-35-36-38-40-42-44-46-48-52(56)51(50-55)54-53(57)49-47-45-43-41-39-37-18-16-14-12-10-8-6-4-2/h46,48,51-52,55-56H,3-45,47,49-50H2,1-2H3,(H,54,57)/b48-46+. The second kappa shape index (κ2) is 49.5. The van der Waals surface area contributed by atoms with Gasteiger partial charge < -0.3 is 15.5 Å². The Balaban J connectivity index is 3.42. The zero-order chi connectivity index (χ0) is 41.4. The number of carbonyl (C=O) groups excluding carboxylic acids is 1. The van der Waals surface area contributed by atoms with Crippen LogP contribution in [-0.2, 0) is 4.79 Å². The molecule has 0 saturated carbocycles. The molecule has 0 fully saturated rings. The van der Waals surface area contributed by atoms with E-state index in [1.807, 2.05) is 6.08 Å². The number of carbonyl (C=O) groups is 1. The topological polar surface area (TPSA) is 69.6 Å². The minimum absolute atomic E-state index is 0.0590. The fraction of sp³-hybridized carbons (Fsp3) is 0.943. The van der Waals surface area contributed by atoms with Crippen LogP contribution in [0.15, 0.2) is 12.2 Å². The highest BCUT2D eigenvalue weighted by Gasteiger charge is 2.18. The molecule has 3 N–H and O–H groups in total. The Labute approximate surface area is 358 Å². The monoisotopic (exact) mass is 804 g/mol. The van der Waals surface area contributed by atoms with Gasteiger partial charge in [0.05, 0.1) is 18.8 Å². The molecule has 0 aromatic carbocycles. The number of amides is 1. The summed E-state index contributed by atoms with van der Waals surface area (Å²) in [5.74, 6) is -0.0590. The lowest BCUT2D eigenvalue weighted by Crippen LogP contribution is -2.45. The van der Waals surface area contributed by atoms with Crippen LogP contribution in [-0.4, -0.2) is 34.9 Å². The van der Waals surface area contributed by atoms with Gasteiger partial charge in [0.1, 0.15) is 0 Å². The fourth-order valence-corrected chi connectivity index (χ4v) is 8.48. The van der Waals surface area contributed by atoms with E-state index in [2.05, 4.69) is 19.2 Å². The highest BCUT2D eigenvalue weighted by molar-refractivity contribution is 5.76. The molecule has 0 spiro atoms. The molecule has 1 amide bonds. The van der Waals surface area contributed by atoms with E-state index in [-0.39, 0.29) is 12.5 Å². The van der Waals surface area contributed by atoms with Crippen LogP contribution in [0.1, 0.15) is 303 Å². The molecule has 4 heteroatoms. The fourth-order valence-electron chi connectivity index (χ4n) is 8.48. The van der Waals surface area contributed by atoms with Gasteiger partial charge in [-0.25, -0.2) is 0 Å². The molecule has 0 aromatic rings. The molecule has 340 valence electrons. The maximum Gasteiger partial charge on any atom is 0.220 e. The minimum Gasteiger partial charge on any atom is -0.394 e. The molecular formula is C53H105NO3. The van der Waals surface area contributed by atoms with Crippen LogP contribution in [0, 0.1) is 0 Å². The van der Waals surface area contributed by atoms with Gasteiger partial charge in [0.15, 0.2) is 0 Å². The lowest BCUT2D eigenvalue weighted by Gasteiger charge is -2.20. The molecule has 4 nitrogen and oxygen atoms in total. The molecular weight excluding hydrogens is 699 g/mol. The van der Waals surface area contributed by atoms with E-state index in [9.17, 15) is 15.0 Å². The first-order valence-corrected chi connectivity index (χ1v) is 26.4. The van der Waals surface area contributed by atoms with Crippen LogP contribution in [0.4, 0.5) is 0 Å². The van der Waals surface area contributed by atoms with Crippen molar-refractivity contribution in [3.63, 3.8) is 0 Å². The molecule has 0 saturated heterocycles. The molecule has 0 heterocycles. The third-order valence-corrected chi connectivity index (χ3v) is 12.5. The third-order valence-electron chi connectivity index (χ3n) is 12.5.